The molecule has 0 bridgehead atoms. The van der Waals surface area contributed by atoms with Gasteiger partial charge in [0.1, 0.15) is 5.03 Å². The Morgan fingerprint density at radius 3 is 2.94 bits per heavy atom. The van der Waals surface area contributed by atoms with Crippen molar-refractivity contribution in [3.63, 3.8) is 0 Å². The number of hydrogen-bond acceptors (Lipinski definition) is 4. The maximum atomic E-state index is 11.0. The highest BCUT2D eigenvalue weighted by Gasteiger charge is 2.12. The first-order chi connectivity index (χ1) is 8.58. The van der Waals surface area contributed by atoms with Gasteiger partial charge in [0, 0.05) is 24.7 Å². The van der Waals surface area contributed by atoms with E-state index < -0.39 is 5.97 Å². The lowest BCUT2D eigenvalue weighted by atomic mass is 10.3. The fourth-order valence-corrected chi connectivity index (χ4v) is 2.61. The molecule has 0 aliphatic carbocycles. The number of carboxylic acid groups (broad SMARTS) is 1. The van der Waals surface area contributed by atoms with Crippen LogP contribution in [0.5, 0.6) is 0 Å². The molecule has 0 aromatic carbocycles. The minimum absolute atomic E-state index is 0.237. The van der Waals surface area contributed by atoms with E-state index in [-0.39, 0.29) is 5.56 Å². The zero-order chi connectivity index (χ0) is 13.1. The van der Waals surface area contributed by atoms with Crippen LogP contribution in [0.4, 0.5) is 0 Å². The first-order valence-electron chi connectivity index (χ1n) is 5.38. The molecule has 0 saturated carbocycles. The molecule has 0 spiro atoms. The van der Waals surface area contributed by atoms with E-state index >= 15 is 0 Å². The Bertz CT molecular complexity index is 580. The Morgan fingerprint density at radius 2 is 2.33 bits per heavy atom. The average molecular weight is 263 g/mol. The normalized spacial score (nSPS) is 10.6. The highest BCUT2D eigenvalue weighted by atomic mass is 32.2. The van der Waals surface area contributed by atoms with Crippen molar-refractivity contribution in [2.75, 3.05) is 0 Å². The van der Waals surface area contributed by atoms with Gasteiger partial charge in [0.2, 0.25) is 0 Å². The molecule has 0 saturated heterocycles. The molecular weight excluding hydrogens is 250 g/mol. The van der Waals surface area contributed by atoms with Gasteiger partial charge in [-0.3, -0.25) is 4.68 Å². The topological polar surface area (TPSA) is 68.0 Å². The van der Waals surface area contributed by atoms with E-state index in [2.05, 4.69) is 10.1 Å². The second-order valence-electron chi connectivity index (χ2n) is 3.85. The fourth-order valence-electron chi connectivity index (χ4n) is 1.61. The summed E-state index contributed by atoms with van der Waals surface area (Å²) in [6.07, 6.45) is 1.60. The summed E-state index contributed by atoms with van der Waals surface area (Å²) in [5.41, 5.74) is 2.23. The number of carboxylic acids is 1. The van der Waals surface area contributed by atoms with E-state index in [1.807, 2.05) is 20.0 Å². The summed E-state index contributed by atoms with van der Waals surface area (Å²) >= 11 is 1.40. The molecule has 0 aliphatic rings. The third-order valence-corrected chi connectivity index (χ3v) is 3.50. The first kappa shape index (κ1) is 12.6. The van der Waals surface area contributed by atoms with Crippen LogP contribution in [0.3, 0.4) is 0 Å². The molecule has 0 unspecified atom stereocenters. The second-order valence-corrected chi connectivity index (χ2v) is 4.81. The van der Waals surface area contributed by atoms with Gasteiger partial charge in [0.05, 0.1) is 11.3 Å². The molecule has 0 aliphatic heterocycles. The third kappa shape index (κ3) is 2.70. The van der Waals surface area contributed by atoms with Gasteiger partial charge >= 0.3 is 5.97 Å². The molecule has 0 radical (unpaired) electrons. The van der Waals surface area contributed by atoms with Crippen molar-refractivity contribution in [3.05, 3.63) is 41.3 Å². The number of aromatic carboxylic acids is 1. The smallest absolute Gasteiger partial charge is 0.338 e. The highest BCUT2D eigenvalue weighted by molar-refractivity contribution is 7.98. The molecule has 2 rings (SSSR count). The second kappa shape index (κ2) is 5.22. The average Bonchev–Trinajstić information content (AvgIpc) is 2.65. The maximum absolute atomic E-state index is 11.0. The number of hydrogen-bond donors (Lipinski definition) is 1. The molecule has 2 aromatic heterocycles. The lowest BCUT2D eigenvalue weighted by Crippen LogP contribution is -2.01. The molecule has 5 nitrogen and oxygen atoms in total. The number of nitrogens with zero attached hydrogens (tertiary/aromatic N) is 3. The fraction of sp³-hybridized carbons (Fsp3) is 0.250. The Morgan fingerprint density at radius 1 is 1.56 bits per heavy atom. The van der Waals surface area contributed by atoms with E-state index in [4.69, 9.17) is 5.11 Å². The molecule has 0 fully saturated rings. The van der Waals surface area contributed by atoms with Gasteiger partial charge in [-0.1, -0.05) is 11.8 Å². The summed E-state index contributed by atoms with van der Waals surface area (Å²) in [7, 11) is 1.87. The van der Waals surface area contributed by atoms with Gasteiger partial charge in [0.25, 0.3) is 0 Å². The predicted octanol–water partition coefficient (Wildman–Crippen LogP) is 2.11. The monoisotopic (exact) mass is 263 g/mol. The van der Waals surface area contributed by atoms with Gasteiger partial charge in [-0.2, -0.15) is 5.10 Å². The van der Waals surface area contributed by atoms with Crippen LogP contribution in [0.2, 0.25) is 0 Å². The number of thioether (sulfide) groups is 1. The first-order valence-corrected chi connectivity index (χ1v) is 6.37. The van der Waals surface area contributed by atoms with Crippen molar-refractivity contribution in [2.45, 2.75) is 17.7 Å². The van der Waals surface area contributed by atoms with Gasteiger partial charge in [-0.25, -0.2) is 9.78 Å². The van der Waals surface area contributed by atoms with E-state index in [0.29, 0.717) is 10.8 Å². The van der Waals surface area contributed by atoms with E-state index in [9.17, 15) is 4.79 Å². The summed E-state index contributed by atoms with van der Waals surface area (Å²) in [4.78, 5) is 15.1. The molecular formula is C12H13N3O2S. The molecule has 18 heavy (non-hydrogen) atoms. The van der Waals surface area contributed by atoms with Crippen LogP contribution < -0.4 is 0 Å². The summed E-state index contributed by atoms with van der Waals surface area (Å²) < 4.78 is 1.80. The maximum Gasteiger partial charge on any atom is 0.338 e. The third-order valence-electron chi connectivity index (χ3n) is 2.46. The van der Waals surface area contributed by atoms with Crippen LogP contribution in [0.15, 0.2) is 29.4 Å². The number of rotatable bonds is 4. The molecule has 1 N–H and O–H groups in total. The molecule has 94 valence electrons. The molecule has 2 aromatic rings. The number of aromatic nitrogens is 3. The number of aryl methyl sites for hydroxylation is 2. The van der Waals surface area contributed by atoms with Crippen molar-refractivity contribution < 1.29 is 9.90 Å². The summed E-state index contributed by atoms with van der Waals surface area (Å²) in [5, 5.41) is 13.8. The molecule has 2 heterocycles. The van der Waals surface area contributed by atoms with E-state index in [1.165, 1.54) is 11.8 Å². The van der Waals surface area contributed by atoms with Gasteiger partial charge < -0.3 is 5.11 Å². The van der Waals surface area contributed by atoms with Crippen LogP contribution >= 0.6 is 11.8 Å². The molecule has 0 atom stereocenters. The van der Waals surface area contributed by atoms with Crippen molar-refractivity contribution in [2.24, 2.45) is 7.05 Å². The van der Waals surface area contributed by atoms with Crippen molar-refractivity contribution in [3.8, 4) is 0 Å². The van der Waals surface area contributed by atoms with Crippen LogP contribution in [0, 0.1) is 6.92 Å². The van der Waals surface area contributed by atoms with Crippen LogP contribution in [-0.4, -0.2) is 25.8 Å². The Kier molecular flexibility index (Phi) is 3.66. The molecule has 6 heteroatoms. The number of pyridine rings is 1. The van der Waals surface area contributed by atoms with Gasteiger partial charge in [0.15, 0.2) is 0 Å². The zero-order valence-electron chi connectivity index (χ0n) is 10.1. The Hall–Kier alpha value is -1.82. The van der Waals surface area contributed by atoms with Crippen molar-refractivity contribution >= 4 is 17.7 Å². The van der Waals surface area contributed by atoms with Crippen LogP contribution in [0.25, 0.3) is 0 Å². The largest absolute Gasteiger partial charge is 0.478 e. The standard InChI is InChI=1S/C12H13N3O2S/c1-8-6-9(15(2)14-8)7-18-11-10(12(16)17)4-3-5-13-11/h3-6H,7H2,1-2H3,(H,16,17). The predicted molar refractivity (Wildman–Crippen MR) is 68.7 cm³/mol. The quantitative estimate of drug-likeness (QED) is 0.856. The lowest BCUT2D eigenvalue weighted by molar-refractivity contribution is 0.0692. The lowest BCUT2D eigenvalue weighted by Gasteiger charge is -2.04. The van der Waals surface area contributed by atoms with Crippen LogP contribution in [-0.2, 0) is 12.8 Å². The van der Waals surface area contributed by atoms with E-state index in [1.54, 1.807) is 23.0 Å². The Labute approximate surface area is 109 Å². The van der Waals surface area contributed by atoms with Crippen LogP contribution in [0.1, 0.15) is 21.7 Å². The highest BCUT2D eigenvalue weighted by Crippen LogP contribution is 2.24. The van der Waals surface area contributed by atoms with Crippen molar-refractivity contribution in [1.82, 2.24) is 14.8 Å². The summed E-state index contributed by atoms with van der Waals surface area (Å²) in [6, 6.07) is 5.17. The van der Waals surface area contributed by atoms with E-state index in [0.717, 1.165) is 11.4 Å². The minimum atomic E-state index is -0.952. The van der Waals surface area contributed by atoms with Gasteiger partial charge in [-0.05, 0) is 25.1 Å². The zero-order valence-corrected chi connectivity index (χ0v) is 10.9. The Balaban J connectivity index is 2.15. The number of carbonyl (C=O) groups is 1. The molecule has 0 amide bonds. The minimum Gasteiger partial charge on any atom is -0.478 e. The van der Waals surface area contributed by atoms with Crippen molar-refractivity contribution in [1.29, 1.82) is 0 Å². The summed E-state index contributed by atoms with van der Waals surface area (Å²) in [5.74, 6) is -0.305. The summed E-state index contributed by atoms with van der Waals surface area (Å²) in [6.45, 7) is 1.93. The van der Waals surface area contributed by atoms with Gasteiger partial charge in [-0.15, -0.1) is 0 Å². The SMILES string of the molecule is Cc1cc(CSc2ncccc2C(=O)O)n(C)n1.